The fourth-order valence-electron chi connectivity index (χ4n) is 3.56. The lowest BCUT2D eigenvalue weighted by Crippen LogP contribution is -2.31. The Morgan fingerprint density at radius 2 is 1.74 bits per heavy atom. The highest BCUT2D eigenvalue weighted by Crippen LogP contribution is 2.30. The Bertz CT molecular complexity index is 916. The minimum Gasteiger partial charge on any atom is -0.449 e. The zero-order chi connectivity index (χ0) is 22.1. The Balaban J connectivity index is 1.52. The van der Waals surface area contributed by atoms with Crippen molar-refractivity contribution >= 4 is 23.6 Å². The summed E-state index contributed by atoms with van der Waals surface area (Å²) >= 11 is 0. The third-order valence-electron chi connectivity index (χ3n) is 5.07. The number of para-hydroxylation sites is 2. The topological polar surface area (TPSA) is 70.7 Å². The molecule has 6 heteroatoms. The van der Waals surface area contributed by atoms with Gasteiger partial charge in [0, 0.05) is 12.1 Å². The largest absolute Gasteiger partial charge is 0.449 e. The summed E-state index contributed by atoms with van der Waals surface area (Å²) in [5.74, 6) is 0.457. The summed E-state index contributed by atoms with van der Waals surface area (Å²) in [6.45, 7) is 8.24. The molecule has 0 saturated heterocycles. The lowest BCUT2D eigenvalue weighted by Gasteiger charge is -2.20. The van der Waals surface area contributed by atoms with E-state index in [4.69, 9.17) is 4.74 Å². The SMILES string of the molecule is CCCN(CCC)CCCNC(=O)c1ccc(C=C2Oc3ccccc3NC2=O)cc1. The van der Waals surface area contributed by atoms with Gasteiger partial charge in [-0.15, -0.1) is 0 Å². The van der Waals surface area contributed by atoms with Crippen molar-refractivity contribution in [1.82, 2.24) is 10.2 Å². The van der Waals surface area contributed by atoms with Crippen molar-refractivity contribution in [3.05, 3.63) is 65.4 Å². The van der Waals surface area contributed by atoms with Crippen molar-refractivity contribution in [1.29, 1.82) is 0 Å². The second-order valence-electron chi connectivity index (χ2n) is 7.63. The van der Waals surface area contributed by atoms with Gasteiger partial charge >= 0.3 is 0 Å². The molecule has 6 nitrogen and oxygen atoms in total. The number of rotatable bonds is 10. The average Bonchev–Trinajstić information content (AvgIpc) is 2.78. The monoisotopic (exact) mass is 421 g/mol. The van der Waals surface area contributed by atoms with Crippen molar-refractivity contribution in [2.45, 2.75) is 33.1 Å². The zero-order valence-electron chi connectivity index (χ0n) is 18.3. The number of carbonyl (C=O) groups is 2. The summed E-state index contributed by atoms with van der Waals surface area (Å²) in [5.41, 5.74) is 2.04. The van der Waals surface area contributed by atoms with Crippen molar-refractivity contribution in [2.75, 3.05) is 31.5 Å². The van der Waals surface area contributed by atoms with Crippen LogP contribution in [0.5, 0.6) is 5.75 Å². The van der Waals surface area contributed by atoms with Gasteiger partial charge in [0.2, 0.25) is 0 Å². The number of nitrogens with zero attached hydrogens (tertiary/aromatic N) is 1. The van der Waals surface area contributed by atoms with Gasteiger partial charge in [-0.3, -0.25) is 9.59 Å². The molecular formula is C25H31N3O3. The van der Waals surface area contributed by atoms with E-state index in [1.807, 2.05) is 24.3 Å². The summed E-state index contributed by atoms with van der Waals surface area (Å²) in [7, 11) is 0. The third-order valence-corrected chi connectivity index (χ3v) is 5.07. The van der Waals surface area contributed by atoms with Crippen LogP contribution in [-0.4, -0.2) is 42.9 Å². The van der Waals surface area contributed by atoms with E-state index in [2.05, 4.69) is 29.4 Å². The molecule has 2 aromatic carbocycles. The summed E-state index contributed by atoms with van der Waals surface area (Å²) in [4.78, 5) is 27.1. The number of carbonyl (C=O) groups excluding carboxylic acids is 2. The average molecular weight is 422 g/mol. The predicted molar refractivity (Wildman–Crippen MR) is 124 cm³/mol. The van der Waals surface area contributed by atoms with Gasteiger partial charge in [0.25, 0.3) is 11.8 Å². The van der Waals surface area contributed by atoms with Gasteiger partial charge in [-0.2, -0.15) is 0 Å². The van der Waals surface area contributed by atoms with E-state index >= 15 is 0 Å². The lowest BCUT2D eigenvalue weighted by atomic mass is 10.1. The smallest absolute Gasteiger partial charge is 0.291 e. The van der Waals surface area contributed by atoms with Gasteiger partial charge in [-0.05, 0) is 74.8 Å². The highest BCUT2D eigenvalue weighted by atomic mass is 16.5. The van der Waals surface area contributed by atoms with Crippen LogP contribution in [0.3, 0.4) is 0 Å². The van der Waals surface area contributed by atoms with Gasteiger partial charge in [-0.25, -0.2) is 0 Å². The van der Waals surface area contributed by atoms with Crippen molar-refractivity contribution in [2.24, 2.45) is 0 Å². The summed E-state index contributed by atoms with van der Waals surface area (Å²) < 4.78 is 5.71. The molecular weight excluding hydrogens is 390 g/mol. The molecule has 1 aliphatic rings. The normalized spacial score (nSPS) is 14.2. The lowest BCUT2D eigenvalue weighted by molar-refractivity contribution is -0.115. The maximum Gasteiger partial charge on any atom is 0.291 e. The fourth-order valence-corrected chi connectivity index (χ4v) is 3.56. The van der Waals surface area contributed by atoms with E-state index in [-0.39, 0.29) is 17.6 Å². The maximum absolute atomic E-state index is 12.4. The van der Waals surface area contributed by atoms with Crippen LogP contribution in [0.25, 0.3) is 6.08 Å². The van der Waals surface area contributed by atoms with Gasteiger partial charge in [-0.1, -0.05) is 38.1 Å². The van der Waals surface area contributed by atoms with E-state index in [1.54, 1.807) is 30.3 Å². The zero-order valence-corrected chi connectivity index (χ0v) is 18.3. The van der Waals surface area contributed by atoms with Crippen LogP contribution in [-0.2, 0) is 4.79 Å². The standard InChI is InChI=1S/C25H31N3O3/c1-3-15-28(16-4-2)17-7-14-26-24(29)20-12-10-19(11-13-20)18-23-25(30)27-21-8-5-6-9-22(21)31-23/h5-6,8-13,18H,3-4,7,14-17H2,1-2H3,(H,26,29)(H,27,30). The summed E-state index contributed by atoms with van der Waals surface area (Å²) in [6.07, 6.45) is 4.90. The number of hydrogen-bond acceptors (Lipinski definition) is 4. The number of nitrogens with one attached hydrogen (secondary N) is 2. The van der Waals surface area contributed by atoms with Gasteiger partial charge < -0.3 is 20.3 Å². The fraction of sp³-hybridized carbons (Fsp3) is 0.360. The molecule has 1 aliphatic heterocycles. The molecule has 0 radical (unpaired) electrons. The number of benzene rings is 2. The van der Waals surface area contributed by atoms with Crippen LogP contribution in [0.15, 0.2) is 54.3 Å². The first-order valence-corrected chi connectivity index (χ1v) is 11.0. The molecule has 0 bridgehead atoms. The highest BCUT2D eigenvalue weighted by molar-refractivity contribution is 6.08. The number of amides is 2. The first kappa shape index (κ1) is 22.6. The molecule has 0 saturated carbocycles. The van der Waals surface area contributed by atoms with Crippen molar-refractivity contribution < 1.29 is 14.3 Å². The van der Waals surface area contributed by atoms with E-state index in [0.717, 1.165) is 44.5 Å². The molecule has 1 heterocycles. The van der Waals surface area contributed by atoms with Gasteiger partial charge in [0.1, 0.15) is 0 Å². The highest BCUT2D eigenvalue weighted by Gasteiger charge is 2.21. The van der Waals surface area contributed by atoms with E-state index in [1.165, 1.54) is 0 Å². The Labute approximate surface area is 184 Å². The molecule has 2 N–H and O–H groups in total. The Hall–Kier alpha value is -3.12. The third kappa shape index (κ3) is 6.43. The van der Waals surface area contributed by atoms with E-state index in [0.29, 0.717) is 23.5 Å². The molecule has 0 fully saturated rings. The van der Waals surface area contributed by atoms with E-state index in [9.17, 15) is 9.59 Å². The number of hydrogen-bond donors (Lipinski definition) is 2. The molecule has 0 aliphatic carbocycles. The van der Waals surface area contributed by atoms with Crippen LogP contribution in [0.1, 0.15) is 49.0 Å². The first-order valence-electron chi connectivity index (χ1n) is 11.0. The molecule has 31 heavy (non-hydrogen) atoms. The van der Waals surface area contributed by atoms with Gasteiger partial charge in [0.05, 0.1) is 5.69 Å². The van der Waals surface area contributed by atoms with Crippen LogP contribution in [0.4, 0.5) is 5.69 Å². The minimum atomic E-state index is -0.291. The second-order valence-corrected chi connectivity index (χ2v) is 7.63. The van der Waals surface area contributed by atoms with E-state index < -0.39 is 0 Å². The van der Waals surface area contributed by atoms with Crippen LogP contribution in [0, 0.1) is 0 Å². The molecule has 2 amide bonds. The molecule has 0 spiro atoms. The van der Waals surface area contributed by atoms with Crippen LogP contribution < -0.4 is 15.4 Å². The summed E-state index contributed by atoms with van der Waals surface area (Å²) in [5, 5.41) is 5.80. The second kappa shape index (κ2) is 11.3. The minimum absolute atomic E-state index is 0.0858. The van der Waals surface area contributed by atoms with Crippen molar-refractivity contribution in [3.63, 3.8) is 0 Å². The Morgan fingerprint density at radius 1 is 1.03 bits per heavy atom. The molecule has 0 unspecified atom stereocenters. The molecule has 0 aromatic heterocycles. The van der Waals surface area contributed by atoms with Crippen LogP contribution >= 0.6 is 0 Å². The quantitative estimate of drug-likeness (QED) is 0.443. The number of anilines is 1. The molecule has 164 valence electrons. The number of fused-ring (bicyclic) bond motifs is 1. The maximum atomic E-state index is 12.4. The first-order chi connectivity index (χ1) is 15.1. The molecule has 0 atom stereocenters. The van der Waals surface area contributed by atoms with Crippen molar-refractivity contribution in [3.8, 4) is 5.75 Å². The Kier molecular flexibility index (Phi) is 8.24. The molecule has 2 aromatic rings. The number of ether oxygens (including phenoxy) is 1. The summed E-state index contributed by atoms with van der Waals surface area (Å²) in [6, 6.07) is 14.4. The van der Waals surface area contributed by atoms with Crippen LogP contribution in [0.2, 0.25) is 0 Å². The molecule has 3 rings (SSSR count). The van der Waals surface area contributed by atoms with Gasteiger partial charge in [0.15, 0.2) is 11.5 Å². The Morgan fingerprint density at radius 3 is 2.45 bits per heavy atom. The predicted octanol–water partition coefficient (Wildman–Crippen LogP) is 4.30.